The van der Waals surface area contributed by atoms with Crippen molar-refractivity contribution in [1.29, 1.82) is 0 Å². The average Bonchev–Trinajstić information content (AvgIpc) is 2.38. The molecule has 0 amide bonds. The van der Waals surface area contributed by atoms with Crippen molar-refractivity contribution in [3.8, 4) is 5.75 Å². The van der Waals surface area contributed by atoms with Crippen LogP contribution in [0.15, 0.2) is 41.7 Å². The number of nitrogen functional groups attached to an aromatic ring is 1. The van der Waals surface area contributed by atoms with Gasteiger partial charge in [0.1, 0.15) is 10.8 Å². The van der Waals surface area contributed by atoms with Gasteiger partial charge in [-0.3, -0.25) is 0 Å². The molecule has 0 aliphatic carbocycles. The van der Waals surface area contributed by atoms with Crippen LogP contribution in [-0.4, -0.2) is 17.1 Å². The molecule has 5 heteroatoms. The third-order valence-corrected chi connectivity index (χ3v) is 3.29. The van der Waals surface area contributed by atoms with E-state index in [0.717, 1.165) is 16.5 Å². The van der Waals surface area contributed by atoms with E-state index in [4.69, 9.17) is 10.5 Å². The smallest absolute Gasteiger partial charge is 0.156 e. The maximum atomic E-state index is 5.72. The molecule has 4 nitrogen and oxygen atoms in total. The lowest BCUT2D eigenvalue weighted by molar-refractivity contribution is 0.414. The number of methoxy groups -OCH3 is 1. The largest absolute Gasteiger partial charge is 0.497 e. The first-order valence-corrected chi connectivity index (χ1v) is 6.10. The molecule has 0 unspecified atom stereocenters. The van der Waals surface area contributed by atoms with E-state index in [1.165, 1.54) is 5.56 Å². The zero-order valence-electron chi connectivity index (χ0n) is 9.46. The molecule has 0 spiro atoms. The molecule has 2 N–H and O–H groups in total. The van der Waals surface area contributed by atoms with Crippen LogP contribution in [0.5, 0.6) is 5.75 Å². The number of hydrogen-bond acceptors (Lipinski definition) is 5. The Bertz CT molecular complexity index is 487. The van der Waals surface area contributed by atoms with Gasteiger partial charge in [0.25, 0.3) is 0 Å². The highest BCUT2D eigenvalue weighted by atomic mass is 32.2. The van der Waals surface area contributed by atoms with Crippen LogP contribution in [-0.2, 0) is 5.75 Å². The van der Waals surface area contributed by atoms with Crippen molar-refractivity contribution in [1.82, 2.24) is 9.97 Å². The standard InChI is InChI=1S/C12H13N3OS/c1-16-10-4-2-9(3-5-10)8-17-12-11(13)14-6-7-15-12/h2-7H,8H2,1H3,(H2,13,14). The predicted molar refractivity (Wildman–Crippen MR) is 69.0 cm³/mol. The molecular formula is C12H13N3OS. The molecule has 0 radical (unpaired) electrons. The van der Waals surface area contributed by atoms with Gasteiger partial charge in [-0.05, 0) is 17.7 Å². The maximum absolute atomic E-state index is 5.72. The number of benzene rings is 1. The fraction of sp³-hybridized carbons (Fsp3) is 0.167. The van der Waals surface area contributed by atoms with Crippen molar-refractivity contribution in [3.63, 3.8) is 0 Å². The van der Waals surface area contributed by atoms with Crippen molar-refractivity contribution < 1.29 is 4.74 Å². The van der Waals surface area contributed by atoms with Crippen molar-refractivity contribution in [2.75, 3.05) is 12.8 Å². The van der Waals surface area contributed by atoms with Gasteiger partial charge in [-0.2, -0.15) is 0 Å². The summed E-state index contributed by atoms with van der Waals surface area (Å²) in [7, 11) is 1.66. The monoisotopic (exact) mass is 247 g/mol. The zero-order chi connectivity index (χ0) is 12.1. The Balaban J connectivity index is 2.00. The van der Waals surface area contributed by atoms with Gasteiger partial charge >= 0.3 is 0 Å². The Morgan fingerprint density at radius 1 is 1.18 bits per heavy atom. The van der Waals surface area contributed by atoms with Crippen molar-refractivity contribution in [2.45, 2.75) is 10.8 Å². The molecule has 1 aromatic carbocycles. The molecule has 1 aromatic heterocycles. The lowest BCUT2D eigenvalue weighted by Gasteiger charge is -2.04. The second-order valence-corrected chi connectivity index (χ2v) is 4.35. The second kappa shape index (κ2) is 5.54. The van der Waals surface area contributed by atoms with Crippen LogP contribution in [0.1, 0.15) is 5.56 Å². The molecule has 0 aliphatic rings. The van der Waals surface area contributed by atoms with E-state index >= 15 is 0 Å². The first-order chi connectivity index (χ1) is 8.29. The zero-order valence-corrected chi connectivity index (χ0v) is 10.3. The van der Waals surface area contributed by atoms with E-state index in [9.17, 15) is 0 Å². The Hall–Kier alpha value is -1.75. The van der Waals surface area contributed by atoms with E-state index in [1.807, 2.05) is 24.3 Å². The van der Waals surface area contributed by atoms with Crippen LogP contribution in [0.3, 0.4) is 0 Å². The normalized spacial score (nSPS) is 10.2. The first-order valence-electron chi connectivity index (χ1n) is 5.12. The Morgan fingerprint density at radius 2 is 1.88 bits per heavy atom. The molecule has 0 aliphatic heterocycles. The molecule has 2 rings (SSSR count). The summed E-state index contributed by atoms with van der Waals surface area (Å²) >= 11 is 1.57. The molecule has 17 heavy (non-hydrogen) atoms. The number of rotatable bonds is 4. The summed E-state index contributed by atoms with van der Waals surface area (Å²) in [5, 5.41) is 0.767. The van der Waals surface area contributed by atoms with Gasteiger partial charge in [-0.25, -0.2) is 9.97 Å². The van der Waals surface area contributed by atoms with Crippen LogP contribution in [0, 0.1) is 0 Å². The number of ether oxygens (including phenoxy) is 1. The van der Waals surface area contributed by atoms with Gasteiger partial charge in [0.15, 0.2) is 5.82 Å². The molecular weight excluding hydrogens is 234 g/mol. The summed E-state index contributed by atoms with van der Waals surface area (Å²) in [4.78, 5) is 8.17. The predicted octanol–water partition coefficient (Wildman–Crippen LogP) is 2.36. The molecule has 0 saturated heterocycles. The number of aromatic nitrogens is 2. The number of nitrogens with zero attached hydrogens (tertiary/aromatic N) is 2. The average molecular weight is 247 g/mol. The van der Waals surface area contributed by atoms with Gasteiger partial charge in [-0.1, -0.05) is 23.9 Å². The summed E-state index contributed by atoms with van der Waals surface area (Å²) < 4.78 is 5.10. The van der Waals surface area contributed by atoms with E-state index in [-0.39, 0.29) is 0 Å². The lowest BCUT2D eigenvalue weighted by Crippen LogP contribution is -1.94. The SMILES string of the molecule is COc1ccc(CSc2nccnc2N)cc1. The minimum atomic E-state index is 0.478. The van der Waals surface area contributed by atoms with Gasteiger partial charge in [0, 0.05) is 18.1 Å². The number of thioether (sulfide) groups is 1. The molecule has 0 bridgehead atoms. The van der Waals surface area contributed by atoms with E-state index < -0.39 is 0 Å². The first kappa shape index (κ1) is 11.7. The van der Waals surface area contributed by atoms with Gasteiger partial charge in [-0.15, -0.1) is 0 Å². The highest BCUT2D eigenvalue weighted by Crippen LogP contribution is 2.24. The minimum Gasteiger partial charge on any atom is -0.497 e. The van der Waals surface area contributed by atoms with Crippen LogP contribution >= 0.6 is 11.8 Å². The van der Waals surface area contributed by atoms with Gasteiger partial charge in [0.2, 0.25) is 0 Å². The second-order valence-electron chi connectivity index (χ2n) is 3.38. The summed E-state index contributed by atoms with van der Waals surface area (Å²) in [6, 6.07) is 7.93. The molecule has 0 fully saturated rings. The van der Waals surface area contributed by atoms with Crippen molar-refractivity contribution >= 4 is 17.6 Å². The molecule has 88 valence electrons. The quantitative estimate of drug-likeness (QED) is 0.840. The van der Waals surface area contributed by atoms with Crippen molar-refractivity contribution in [3.05, 3.63) is 42.2 Å². The van der Waals surface area contributed by atoms with Gasteiger partial charge in [0.05, 0.1) is 7.11 Å². The van der Waals surface area contributed by atoms with Crippen LogP contribution in [0.25, 0.3) is 0 Å². The highest BCUT2D eigenvalue weighted by molar-refractivity contribution is 7.98. The summed E-state index contributed by atoms with van der Waals surface area (Å²) in [5.74, 6) is 2.15. The maximum Gasteiger partial charge on any atom is 0.156 e. The van der Waals surface area contributed by atoms with E-state index in [1.54, 1.807) is 31.3 Å². The molecule has 2 aromatic rings. The summed E-state index contributed by atoms with van der Waals surface area (Å²) in [6.07, 6.45) is 3.24. The van der Waals surface area contributed by atoms with Crippen LogP contribution in [0.4, 0.5) is 5.82 Å². The highest BCUT2D eigenvalue weighted by Gasteiger charge is 2.02. The Labute approximate surface area is 104 Å². The Kier molecular flexibility index (Phi) is 3.82. The topological polar surface area (TPSA) is 61.0 Å². The number of hydrogen-bond donors (Lipinski definition) is 1. The summed E-state index contributed by atoms with van der Waals surface area (Å²) in [5.41, 5.74) is 6.91. The Morgan fingerprint density at radius 3 is 2.53 bits per heavy atom. The number of nitrogens with two attached hydrogens (primary N) is 1. The number of anilines is 1. The molecule has 1 heterocycles. The lowest BCUT2D eigenvalue weighted by atomic mass is 10.2. The van der Waals surface area contributed by atoms with Gasteiger partial charge < -0.3 is 10.5 Å². The molecule has 0 saturated carbocycles. The van der Waals surface area contributed by atoms with E-state index in [2.05, 4.69) is 9.97 Å². The fourth-order valence-corrected chi connectivity index (χ4v) is 2.15. The van der Waals surface area contributed by atoms with E-state index in [0.29, 0.717) is 5.82 Å². The minimum absolute atomic E-state index is 0.478. The fourth-order valence-electron chi connectivity index (χ4n) is 1.32. The molecule has 0 atom stereocenters. The van der Waals surface area contributed by atoms with Crippen LogP contribution < -0.4 is 10.5 Å². The van der Waals surface area contributed by atoms with Crippen molar-refractivity contribution in [2.24, 2.45) is 0 Å². The van der Waals surface area contributed by atoms with Crippen LogP contribution in [0.2, 0.25) is 0 Å². The third kappa shape index (κ3) is 3.10. The summed E-state index contributed by atoms with van der Waals surface area (Å²) in [6.45, 7) is 0. The third-order valence-electron chi connectivity index (χ3n) is 2.23.